The van der Waals surface area contributed by atoms with E-state index in [0.717, 1.165) is 30.9 Å². The van der Waals surface area contributed by atoms with E-state index in [9.17, 15) is 8.42 Å². The fraction of sp³-hybridized carbons (Fsp3) is 0.375. The number of anilines is 2. The van der Waals surface area contributed by atoms with Gasteiger partial charge in [-0.1, -0.05) is 12.1 Å². The van der Waals surface area contributed by atoms with E-state index < -0.39 is 10.0 Å². The van der Waals surface area contributed by atoms with Crippen molar-refractivity contribution in [1.29, 1.82) is 0 Å². The van der Waals surface area contributed by atoms with Crippen LogP contribution in [0.4, 0.5) is 11.8 Å². The quantitative estimate of drug-likeness (QED) is 0.602. The lowest BCUT2D eigenvalue weighted by Gasteiger charge is -2.11. The second kappa shape index (κ2) is 8.75. The zero-order valence-corrected chi connectivity index (χ0v) is 15.3. The Kier molecular flexibility index (Phi) is 6.68. The Morgan fingerprint density at radius 3 is 2.44 bits per heavy atom. The minimum atomic E-state index is -3.64. The van der Waals surface area contributed by atoms with E-state index in [2.05, 4.69) is 25.5 Å². The van der Waals surface area contributed by atoms with Crippen LogP contribution in [0.1, 0.15) is 5.56 Å². The number of likely N-dealkylation sites (N-methyl/N-ethyl adjacent to an activating group) is 1. The second-order valence-corrected chi connectivity index (χ2v) is 7.42. The molecule has 0 aliphatic rings. The molecule has 0 saturated heterocycles. The van der Waals surface area contributed by atoms with Gasteiger partial charge < -0.3 is 15.5 Å². The number of hydrogen-bond donors (Lipinski definition) is 3. The number of rotatable bonds is 9. The maximum atomic E-state index is 11.2. The number of nitrogens with one attached hydrogen (secondary N) is 2. The largest absolute Gasteiger partial charge is 0.370 e. The van der Waals surface area contributed by atoms with Crippen LogP contribution in [0.3, 0.4) is 0 Å². The molecule has 0 spiro atoms. The van der Waals surface area contributed by atoms with Crippen LogP contribution >= 0.6 is 0 Å². The van der Waals surface area contributed by atoms with Crippen LogP contribution in [0.2, 0.25) is 0 Å². The van der Waals surface area contributed by atoms with Crippen molar-refractivity contribution >= 4 is 21.8 Å². The van der Waals surface area contributed by atoms with Crippen molar-refractivity contribution in [3.63, 3.8) is 0 Å². The zero-order chi connectivity index (χ0) is 18.3. The average molecular weight is 364 g/mol. The van der Waals surface area contributed by atoms with Crippen molar-refractivity contribution in [2.45, 2.75) is 11.3 Å². The van der Waals surface area contributed by atoms with Crippen LogP contribution < -0.4 is 15.8 Å². The number of benzene rings is 1. The summed E-state index contributed by atoms with van der Waals surface area (Å²) in [5.41, 5.74) is 1.01. The first-order valence-corrected chi connectivity index (χ1v) is 9.46. The fourth-order valence-corrected chi connectivity index (χ4v) is 2.63. The van der Waals surface area contributed by atoms with Crippen LogP contribution in [0.15, 0.2) is 41.4 Å². The SMILES string of the molecule is CN(C)CCNc1nccc(NCCc2ccc(S(N)(=O)=O)cc2)n1. The summed E-state index contributed by atoms with van der Waals surface area (Å²) in [7, 11) is 0.376. The maximum absolute atomic E-state index is 11.2. The molecule has 1 aromatic carbocycles. The summed E-state index contributed by atoms with van der Waals surface area (Å²) in [6, 6.07) is 8.36. The lowest BCUT2D eigenvalue weighted by molar-refractivity contribution is 0.425. The third kappa shape index (κ3) is 6.65. The van der Waals surface area contributed by atoms with Gasteiger partial charge >= 0.3 is 0 Å². The minimum absolute atomic E-state index is 0.119. The van der Waals surface area contributed by atoms with E-state index in [-0.39, 0.29) is 4.90 Å². The minimum Gasteiger partial charge on any atom is -0.370 e. The van der Waals surface area contributed by atoms with Crippen LogP contribution in [-0.4, -0.2) is 57.0 Å². The number of sulfonamides is 1. The Morgan fingerprint density at radius 1 is 1.08 bits per heavy atom. The number of nitrogens with zero attached hydrogens (tertiary/aromatic N) is 3. The zero-order valence-electron chi connectivity index (χ0n) is 14.4. The molecule has 0 bridgehead atoms. The number of aromatic nitrogens is 2. The van der Waals surface area contributed by atoms with Crippen molar-refractivity contribution in [2.75, 3.05) is 44.4 Å². The molecule has 0 fully saturated rings. The lowest BCUT2D eigenvalue weighted by atomic mass is 10.1. The van der Waals surface area contributed by atoms with Gasteiger partial charge in [-0.15, -0.1) is 0 Å². The summed E-state index contributed by atoms with van der Waals surface area (Å²) in [6.07, 6.45) is 2.44. The van der Waals surface area contributed by atoms with Gasteiger partial charge in [0.05, 0.1) is 4.90 Å². The molecule has 8 nitrogen and oxygen atoms in total. The standard InChI is InChI=1S/C16H24N6O2S/c1-22(2)12-11-20-16-19-10-8-15(21-16)18-9-7-13-3-5-14(6-4-13)25(17,23)24/h3-6,8,10H,7,9,11-12H2,1-2H3,(H2,17,23,24)(H2,18,19,20,21). The van der Waals surface area contributed by atoms with Gasteiger partial charge in [0.25, 0.3) is 0 Å². The van der Waals surface area contributed by atoms with Gasteiger partial charge in [-0.25, -0.2) is 18.5 Å². The molecule has 2 aromatic rings. The normalized spacial score (nSPS) is 11.5. The molecule has 1 aromatic heterocycles. The summed E-state index contributed by atoms with van der Waals surface area (Å²) in [5.74, 6) is 1.33. The molecule has 0 amide bonds. The van der Waals surface area contributed by atoms with Gasteiger partial charge in [-0.2, -0.15) is 4.98 Å². The number of nitrogens with two attached hydrogens (primary N) is 1. The van der Waals surface area contributed by atoms with Gasteiger partial charge in [0.1, 0.15) is 5.82 Å². The van der Waals surface area contributed by atoms with Crippen LogP contribution in [0.5, 0.6) is 0 Å². The molecule has 0 saturated carbocycles. The molecule has 0 aliphatic heterocycles. The summed E-state index contributed by atoms with van der Waals surface area (Å²) in [5, 5.41) is 11.5. The predicted octanol–water partition coefficient (Wildman–Crippen LogP) is 0.752. The van der Waals surface area contributed by atoms with Gasteiger partial charge in [-0.3, -0.25) is 0 Å². The highest BCUT2D eigenvalue weighted by molar-refractivity contribution is 7.89. The Hall–Kier alpha value is -2.23. The molecule has 2 rings (SSSR count). The van der Waals surface area contributed by atoms with E-state index in [0.29, 0.717) is 12.5 Å². The van der Waals surface area contributed by atoms with Gasteiger partial charge in [0.15, 0.2) is 0 Å². The van der Waals surface area contributed by atoms with Crippen molar-refractivity contribution < 1.29 is 8.42 Å². The molecule has 136 valence electrons. The first-order valence-electron chi connectivity index (χ1n) is 7.92. The summed E-state index contributed by atoms with van der Waals surface area (Å²) < 4.78 is 22.5. The molecule has 0 radical (unpaired) electrons. The van der Waals surface area contributed by atoms with Crippen LogP contribution in [0, 0.1) is 0 Å². The number of hydrogen-bond acceptors (Lipinski definition) is 7. The van der Waals surface area contributed by atoms with Gasteiger partial charge in [-0.05, 0) is 44.3 Å². The molecule has 9 heteroatoms. The predicted molar refractivity (Wildman–Crippen MR) is 99.1 cm³/mol. The fourth-order valence-electron chi connectivity index (χ4n) is 2.11. The Labute approximate surface area is 148 Å². The summed E-state index contributed by atoms with van der Waals surface area (Å²) >= 11 is 0. The van der Waals surface area contributed by atoms with E-state index >= 15 is 0 Å². The van der Waals surface area contributed by atoms with E-state index in [4.69, 9.17) is 5.14 Å². The summed E-state index contributed by atoms with van der Waals surface area (Å²) in [4.78, 5) is 10.8. The van der Waals surface area contributed by atoms with E-state index in [1.54, 1.807) is 24.4 Å². The smallest absolute Gasteiger partial charge is 0.238 e. The highest BCUT2D eigenvalue weighted by atomic mass is 32.2. The van der Waals surface area contributed by atoms with Crippen molar-refractivity contribution in [3.05, 3.63) is 42.1 Å². The first kappa shape index (κ1) is 19.1. The van der Waals surface area contributed by atoms with Crippen LogP contribution in [-0.2, 0) is 16.4 Å². The van der Waals surface area contributed by atoms with Gasteiger partial charge in [0, 0.05) is 25.8 Å². The molecule has 1 heterocycles. The highest BCUT2D eigenvalue weighted by Gasteiger charge is 2.06. The average Bonchev–Trinajstić information content (AvgIpc) is 2.55. The molecular weight excluding hydrogens is 340 g/mol. The number of primary sulfonamides is 1. The molecular formula is C16H24N6O2S. The van der Waals surface area contributed by atoms with E-state index in [1.807, 2.05) is 14.1 Å². The molecule has 0 atom stereocenters. The first-order chi connectivity index (χ1) is 11.8. The third-order valence-corrected chi connectivity index (χ3v) is 4.40. The Morgan fingerprint density at radius 2 is 1.80 bits per heavy atom. The Balaban J connectivity index is 1.83. The molecule has 4 N–H and O–H groups in total. The third-order valence-electron chi connectivity index (χ3n) is 3.47. The maximum Gasteiger partial charge on any atom is 0.238 e. The Bertz CT molecular complexity index is 777. The van der Waals surface area contributed by atoms with Crippen molar-refractivity contribution in [3.8, 4) is 0 Å². The summed E-state index contributed by atoms with van der Waals surface area (Å²) in [6.45, 7) is 2.34. The highest BCUT2D eigenvalue weighted by Crippen LogP contribution is 2.10. The second-order valence-electron chi connectivity index (χ2n) is 5.86. The van der Waals surface area contributed by atoms with Crippen molar-refractivity contribution in [2.24, 2.45) is 5.14 Å². The van der Waals surface area contributed by atoms with Crippen LogP contribution in [0.25, 0.3) is 0 Å². The van der Waals surface area contributed by atoms with E-state index in [1.165, 1.54) is 12.1 Å². The monoisotopic (exact) mass is 364 g/mol. The van der Waals surface area contributed by atoms with Gasteiger partial charge in [0.2, 0.25) is 16.0 Å². The molecule has 25 heavy (non-hydrogen) atoms. The topological polar surface area (TPSA) is 113 Å². The lowest BCUT2D eigenvalue weighted by Crippen LogP contribution is -2.21. The molecule has 0 unspecified atom stereocenters. The van der Waals surface area contributed by atoms with Crippen molar-refractivity contribution in [1.82, 2.24) is 14.9 Å². The molecule has 0 aliphatic carbocycles.